The van der Waals surface area contributed by atoms with Crippen LogP contribution in [0.3, 0.4) is 0 Å². The highest BCUT2D eigenvalue weighted by atomic mass is 79.9. The molecule has 39 heavy (non-hydrogen) atoms. The van der Waals surface area contributed by atoms with Crippen LogP contribution in [0, 0.1) is 0 Å². The van der Waals surface area contributed by atoms with Crippen LogP contribution in [0.25, 0.3) is 6.08 Å². The lowest BCUT2D eigenvalue weighted by Crippen LogP contribution is -2.40. The van der Waals surface area contributed by atoms with E-state index in [9.17, 15) is 9.59 Å². The summed E-state index contributed by atoms with van der Waals surface area (Å²) in [4.78, 5) is 35.1. The van der Waals surface area contributed by atoms with Crippen LogP contribution in [-0.4, -0.2) is 37.3 Å². The molecule has 2 aliphatic rings. The number of aromatic nitrogens is 1. The summed E-state index contributed by atoms with van der Waals surface area (Å²) in [6.45, 7) is 6.23. The van der Waals surface area contributed by atoms with Gasteiger partial charge in [-0.2, -0.15) is 0 Å². The molecular formula is C30H32BrN3O4S. The summed E-state index contributed by atoms with van der Waals surface area (Å²) in [5.41, 5.74) is 3.82. The van der Waals surface area contributed by atoms with Gasteiger partial charge in [0.1, 0.15) is 5.75 Å². The molecule has 1 saturated heterocycles. The maximum absolute atomic E-state index is 13.9. The van der Waals surface area contributed by atoms with Crippen LogP contribution in [0.4, 0.5) is 5.69 Å². The first-order valence-corrected chi connectivity index (χ1v) is 15.0. The van der Waals surface area contributed by atoms with Gasteiger partial charge in [-0.25, -0.2) is 9.79 Å². The number of benzene rings is 2. The normalized spacial score (nSPS) is 17.3. The molecule has 204 valence electrons. The van der Waals surface area contributed by atoms with E-state index in [2.05, 4.69) is 45.1 Å². The van der Waals surface area contributed by atoms with Crippen molar-refractivity contribution in [3.8, 4) is 5.75 Å². The Kier molecular flexibility index (Phi) is 8.37. The van der Waals surface area contributed by atoms with Gasteiger partial charge in [0.25, 0.3) is 5.56 Å². The van der Waals surface area contributed by atoms with Gasteiger partial charge in [-0.1, -0.05) is 42.9 Å². The van der Waals surface area contributed by atoms with Crippen LogP contribution < -0.4 is 24.5 Å². The summed E-state index contributed by atoms with van der Waals surface area (Å²) in [5.74, 6) is 0.215. The van der Waals surface area contributed by atoms with Crippen molar-refractivity contribution in [3.05, 3.63) is 89.0 Å². The second-order valence-electron chi connectivity index (χ2n) is 9.59. The Morgan fingerprint density at radius 3 is 2.54 bits per heavy atom. The zero-order valence-electron chi connectivity index (χ0n) is 22.4. The van der Waals surface area contributed by atoms with Gasteiger partial charge in [-0.3, -0.25) is 9.36 Å². The molecule has 5 rings (SSSR count). The standard InChI is InChI=1S/C30H32BrN3O4S/c1-4-8-23-26(29(36)38-5-2)27(20-11-14-24(37-3)22(31)18-20)34-28(35)25(39-30(34)32-23)17-19-9-12-21(13-10-19)33-15-6-7-16-33/h9-14,17-18,27H,4-8,15-16H2,1-3H3/b25-17+/t27-/m1/s1. The number of nitrogens with zero attached hydrogens (tertiary/aromatic N) is 3. The molecule has 1 atom stereocenters. The largest absolute Gasteiger partial charge is 0.496 e. The van der Waals surface area contributed by atoms with Gasteiger partial charge in [0, 0.05) is 18.8 Å². The van der Waals surface area contributed by atoms with E-state index >= 15 is 0 Å². The van der Waals surface area contributed by atoms with Gasteiger partial charge >= 0.3 is 5.97 Å². The van der Waals surface area contributed by atoms with Crippen molar-refractivity contribution in [3.63, 3.8) is 0 Å². The highest BCUT2D eigenvalue weighted by molar-refractivity contribution is 9.10. The van der Waals surface area contributed by atoms with Gasteiger partial charge in [0.2, 0.25) is 0 Å². The predicted octanol–water partition coefficient (Wildman–Crippen LogP) is 4.95. The molecule has 0 radical (unpaired) electrons. The molecule has 0 unspecified atom stereocenters. The first-order chi connectivity index (χ1) is 18.9. The lowest BCUT2D eigenvalue weighted by atomic mass is 9.94. The highest BCUT2D eigenvalue weighted by Gasteiger charge is 2.34. The van der Waals surface area contributed by atoms with Crippen LogP contribution in [0.15, 0.2) is 68.0 Å². The van der Waals surface area contributed by atoms with E-state index < -0.39 is 12.0 Å². The number of methoxy groups -OCH3 is 1. The van der Waals surface area contributed by atoms with E-state index in [0.717, 1.165) is 35.1 Å². The Bertz CT molecular complexity index is 1580. The summed E-state index contributed by atoms with van der Waals surface area (Å²) in [5, 5.41) is 0. The molecule has 0 N–H and O–H groups in total. The summed E-state index contributed by atoms with van der Waals surface area (Å²) in [6, 6.07) is 13.3. The summed E-state index contributed by atoms with van der Waals surface area (Å²) in [7, 11) is 1.60. The smallest absolute Gasteiger partial charge is 0.338 e. The van der Waals surface area contributed by atoms with E-state index in [1.165, 1.54) is 29.9 Å². The van der Waals surface area contributed by atoms with Crippen LogP contribution >= 0.6 is 27.3 Å². The van der Waals surface area contributed by atoms with Crippen LogP contribution in [0.1, 0.15) is 56.7 Å². The Labute approximate surface area is 240 Å². The van der Waals surface area contributed by atoms with Crippen molar-refractivity contribution in [1.82, 2.24) is 4.57 Å². The molecule has 2 aromatic carbocycles. The number of carbonyl (C=O) groups excluding carboxylic acids is 1. The Morgan fingerprint density at radius 1 is 1.15 bits per heavy atom. The number of hydrogen-bond donors (Lipinski definition) is 0. The zero-order valence-corrected chi connectivity index (χ0v) is 24.8. The van der Waals surface area contributed by atoms with E-state index in [-0.39, 0.29) is 12.2 Å². The van der Waals surface area contributed by atoms with Gasteiger partial charge in [-0.15, -0.1) is 0 Å². The first-order valence-electron chi connectivity index (χ1n) is 13.4. The van der Waals surface area contributed by atoms with Crippen LogP contribution in [0.5, 0.6) is 5.75 Å². The fourth-order valence-electron chi connectivity index (χ4n) is 5.20. The quantitative estimate of drug-likeness (QED) is 0.338. The van der Waals surface area contributed by atoms with Crippen molar-refractivity contribution in [2.45, 2.75) is 45.6 Å². The number of thiazole rings is 1. The minimum Gasteiger partial charge on any atom is -0.496 e. The number of halogens is 1. The van der Waals surface area contributed by atoms with Crippen LogP contribution in [-0.2, 0) is 9.53 Å². The van der Waals surface area contributed by atoms with Crippen molar-refractivity contribution in [2.24, 2.45) is 4.99 Å². The van der Waals surface area contributed by atoms with Crippen molar-refractivity contribution < 1.29 is 14.3 Å². The molecular weight excluding hydrogens is 578 g/mol. The number of rotatable bonds is 8. The minimum atomic E-state index is -0.663. The van der Waals surface area contributed by atoms with E-state index in [1.54, 1.807) is 18.6 Å². The maximum Gasteiger partial charge on any atom is 0.338 e. The Morgan fingerprint density at radius 2 is 1.90 bits per heavy atom. The molecule has 1 fully saturated rings. The number of ether oxygens (including phenoxy) is 2. The van der Waals surface area contributed by atoms with Gasteiger partial charge in [-0.05, 0) is 83.6 Å². The minimum absolute atomic E-state index is 0.184. The van der Waals surface area contributed by atoms with Gasteiger partial charge < -0.3 is 14.4 Å². The summed E-state index contributed by atoms with van der Waals surface area (Å²) in [6.07, 6.45) is 5.77. The molecule has 2 aliphatic heterocycles. The molecule has 3 heterocycles. The molecule has 0 bridgehead atoms. The molecule has 1 aromatic heterocycles. The average Bonchev–Trinajstić information content (AvgIpc) is 3.57. The lowest BCUT2D eigenvalue weighted by Gasteiger charge is -2.26. The number of esters is 1. The van der Waals surface area contributed by atoms with E-state index in [0.29, 0.717) is 32.8 Å². The number of hydrogen-bond acceptors (Lipinski definition) is 7. The molecule has 7 nitrogen and oxygen atoms in total. The number of fused-ring (bicyclic) bond motifs is 1. The second kappa shape index (κ2) is 11.9. The monoisotopic (exact) mass is 609 g/mol. The van der Waals surface area contributed by atoms with Gasteiger partial charge in [0.05, 0.1) is 40.0 Å². The van der Waals surface area contributed by atoms with Crippen molar-refractivity contribution >= 4 is 45.0 Å². The first kappa shape index (κ1) is 27.4. The molecule has 0 amide bonds. The number of carbonyl (C=O) groups is 1. The SMILES string of the molecule is CCCC1=C(C(=O)OCC)[C@@H](c2ccc(OC)c(Br)c2)n2c(s/c(=C/c3ccc(N4CCCC4)cc3)c2=O)=N1. The lowest BCUT2D eigenvalue weighted by molar-refractivity contribution is -0.139. The number of anilines is 1. The number of allylic oxidation sites excluding steroid dienone is 1. The van der Waals surface area contributed by atoms with E-state index in [4.69, 9.17) is 14.5 Å². The fraction of sp³-hybridized carbons (Fsp3) is 0.367. The molecule has 0 spiro atoms. The second-order valence-corrected chi connectivity index (χ2v) is 11.5. The molecule has 0 aliphatic carbocycles. The average molecular weight is 611 g/mol. The van der Waals surface area contributed by atoms with Crippen LogP contribution in [0.2, 0.25) is 0 Å². The van der Waals surface area contributed by atoms with Crippen molar-refractivity contribution in [2.75, 3.05) is 31.7 Å². The summed E-state index contributed by atoms with van der Waals surface area (Å²) >= 11 is 4.92. The third kappa shape index (κ3) is 5.47. The third-order valence-corrected chi connectivity index (χ3v) is 8.65. The Hall–Kier alpha value is -3.17. The molecule has 3 aromatic rings. The topological polar surface area (TPSA) is 73.1 Å². The maximum atomic E-state index is 13.9. The fourth-order valence-corrected chi connectivity index (χ4v) is 6.78. The highest BCUT2D eigenvalue weighted by Crippen LogP contribution is 2.36. The molecule has 0 saturated carbocycles. The third-order valence-electron chi connectivity index (χ3n) is 7.05. The predicted molar refractivity (Wildman–Crippen MR) is 158 cm³/mol. The van der Waals surface area contributed by atoms with E-state index in [1.807, 2.05) is 31.2 Å². The Balaban J connectivity index is 1.66. The van der Waals surface area contributed by atoms with Gasteiger partial charge in [0.15, 0.2) is 4.80 Å². The van der Waals surface area contributed by atoms with Crippen molar-refractivity contribution in [1.29, 1.82) is 0 Å². The summed E-state index contributed by atoms with van der Waals surface area (Å²) < 4.78 is 13.8. The molecule has 9 heteroatoms. The zero-order chi connectivity index (χ0) is 27.5.